The number of benzene rings is 2. The molecule has 1 saturated heterocycles. The molecule has 41 heavy (non-hydrogen) atoms. The van der Waals surface area contributed by atoms with Crippen molar-refractivity contribution in [3.63, 3.8) is 0 Å². The second kappa shape index (κ2) is 10.5. The van der Waals surface area contributed by atoms with Crippen LogP contribution in [-0.2, 0) is 25.2 Å². The fourth-order valence-electron chi connectivity index (χ4n) is 5.78. The van der Waals surface area contributed by atoms with Gasteiger partial charge in [-0.1, -0.05) is 0 Å². The zero-order chi connectivity index (χ0) is 29.5. The maximum atomic E-state index is 15.0. The lowest BCUT2D eigenvalue weighted by Gasteiger charge is -2.41. The van der Waals surface area contributed by atoms with E-state index in [1.54, 1.807) is 31.1 Å². The molecule has 2 amide bonds. The number of carbonyl (C=O) groups is 2. The number of hydrogen-bond donors (Lipinski definition) is 0. The van der Waals surface area contributed by atoms with E-state index < -0.39 is 27.5 Å². The highest BCUT2D eigenvalue weighted by Crippen LogP contribution is 2.54. The third-order valence-corrected chi connectivity index (χ3v) is 9.30. The smallest absolute Gasteiger partial charge is 0.271 e. The molecular weight excluding hydrogens is 546 g/mol. The molecule has 0 aliphatic carbocycles. The average molecular weight is 576 g/mol. The Labute approximate surface area is 238 Å². The van der Waals surface area contributed by atoms with Crippen molar-refractivity contribution in [3.05, 3.63) is 77.5 Å². The topological polar surface area (TPSA) is 133 Å². The molecule has 2 atom stereocenters. The molecule has 2 aliphatic rings. The van der Waals surface area contributed by atoms with Crippen LogP contribution in [-0.4, -0.2) is 75.9 Å². The third-order valence-electron chi connectivity index (χ3n) is 7.59. The molecule has 2 aromatic carbocycles. The molecule has 212 valence electrons. The van der Waals surface area contributed by atoms with Crippen molar-refractivity contribution in [2.45, 2.75) is 29.3 Å². The van der Waals surface area contributed by atoms with Crippen molar-refractivity contribution in [3.8, 4) is 17.7 Å². The molecule has 11 nitrogen and oxygen atoms in total. The summed E-state index contributed by atoms with van der Waals surface area (Å²) >= 11 is 0. The molecule has 0 radical (unpaired) electrons. The lowest BCUT2D eigenvalue weighted by atomic mass is 9.81. The molecule has 0 bridgehead atoms. The Hall–Kier alpha value is -4.47. The number of nitriles is 1. The van der Waals surface area contributed by atoms with E-state index in [0.29, 0.717) is 25.1 Å². The maximum Gasteiger partial charge on any atom is 0.271 e. The van der Waals surface area contributed by atoms with E-state index in [-0.39, 0.29) is 39.1 Å². The highest BCUT2D eigenvalue weighted by atomic mass is 32.2. The van der Waals surface area contributed by atoms with Gasteiger partial charge in [0.05, 0.1) is 42.5 Å². The van der Waals surface area contributed by atoms with E-state index in [1.165, 1.54) is 67.8 Å². The van der Waals surface area contributed by atoms with Gasteiger partial charge in [-0.05, 0) is 67.4 Å². The van der Waals surface area contributed by atoms with Crippen LogP contribution in [0.1, 0.15) is 29.5 Å². The number of nitrogens with zero attached hydrogens (tertiary/aromatic N) is 5. The number of anilines is 1. The van der Waals surface area contributed by atoms with Crippen LogP contribution in [0.25, 0.3) is 0 Å². The van der Waals surface area contributed by atoms with Crippen molar-refractivity contribution in [1.29, 1.82) is 5.26 Å². The summed E-state index contributed by atoms with van der Waals surface area (Å²) in [4.78, 5) is 35.9. The highest BCUT2D eigenvalue weighted by molar-refractivity contribution is 7.93. The minimum atomic E-state index is -4.47. The minimum absolute atomic E-state index is 0.0821. The van der Waals surface area contributed by atoms with Gasteiger partial charge in [0.15, 0.2) is 5.54 Å². The molecule has 2 aliphatic heterocycles. The zero-order valence-electron chi connectivity index (χ0n) is 23.1. The second-order valence-electron chi connectivity index (χ2n) is 9.95. The van der Waals surface area contributed by atoms with Gasteiger partial charge in [-0.15, -0.1) is 0 Å². The summed E-state index contributed by atoms with van der Waals surface area (Å²) in [7, 11) is 1.67. The predicted octanol–water partition coefficient (Wildman–Crippen LogP) is 2.50. The molecule has 0 saturated carbocycles. The van der Waals surface area contributed by atoms with Crippen LogP contribution in [0.4, 0.5) is 5.69 Å². The van der Waals surface area contributed by atoms with Crippen LogP contribution >= 0.6 is 0 Å². The summed E-state index contributed by atoms with van der Waals surface area (Å²) in [5.41, 5.74) is -1.01. The van der Waals surface area contributed by atoms with Gasteiger partial charge in [0.2, 0.25) is 11.8 Å². The van der Waals surface area contributed by atoms with Gasteiger partial charge in [-0.25, -0.2) is 17.7 Å². The lowest BCUT2D eigenvalue weighted by molar-refractivity contribution is -0.138. The Morgan fingerprint density at radius 1 is 1.10 bits per heavy atom. The number of amides is 2. The largest absolute Gasteiger partial charge is 0.497 e. The van der Waals surface area contributed by atoms with Gasteiger partial charge in [0.25, 0.3) is 15.9 Å². The normalized spacial score (nSPS) is 20.4. The van der Waals surface area contributed by atoms with Crippen LogP contribution in [0.5, 0.6) is 11.6 Å². The Kier molecular flexibility index (Phi) is 7.19. The SMILES string of the molecule is COc1ccc(S(=O)(=O)N2C(=O)[C@](c3cccnc3OC)(N3CCCC3C(=O)N(C)C)c3cc(C#N)ccc32)cc1. The molecule has 0 spiro atoms. The van der Waals surface area contributed by atoms with E-state index in [0.717, 1.165) is 4.31 Å². The van der Waals surface area contributed by atoms with Gasteiger partial charge in [0, 0.05) is 38.0 Å². The zero-order valence-corrected chi connectivity index (χ0v) is 23.9. The number of fused-ring (bicyclic) bond motifs is 1. The first-order valence-electron chi connectivity index (χ1n) is 12.9. The van der Waals surface area contributed by atoms with Gasteiger partial charge >= 0.3 is 0 Å². The number of rotatable bonds is 7. The maximum absolute atomic E-state index is 15.0. The summed E-state index contributed by atoms with van der Waals surface area (Å²) < 4.78 is 40.0. The number of ether oxygens (including phenoxy) is 2. The summed E-state index contributed by atoms with van der Waals surface area (Å²) in [6, 6.07) is 14.8. The molecule has 3 heterocycles. The van der Waals surface area contributed by atoms with Crippen LogP contribution in [0, 0.1) is 11.3 Å². The van der Waals surface area contributed by atoms with Crippen molar-refractivity contribution < 1.29 is 27.5 Å². The van der Waals surface area contributed by atoms with Crippen LogP contribution in [0.2, 0.25) is 0 Å². The average Bonchev–Trinajstić information content (AvgIpc) is 3.57. The number of pyridine rings is 1. The number of aromatic nitrogens is 1. The molecule has 3 aromatic rings. The summed E-state index contributed by atoms with van der Waals surface area (Å²) in [5.74, 6) is -0.497. The van der Waals surface area contributed by atoms with Gasteiger partial charge < -0.3 is 14.4 Å². The predicted molar refractivity (Wildman–Crippen MR) is 149 cm³/mol. The lowest BCUT2D eigenvalue weighted by Crippen LogP contribution is -2.59. The van der Waals surface area contributed by atoms with Crippen molar-refractivity contribution >= 4 is 27.5 Å². The minimum Gasteiger partial charge on any atom is -0.497 e. The van der Waals surface area contributed by atoms with Crippen molar-refractivity contribution in [2.75, 3.05) is 39.2 Å². The fourth-order valence-corrected chi connectivity index (χ4v) is 7.24. The van der Waals surface area contributed by atoms with Crippen LogP contribution < -0.4 is 13.8 Å². The van der Waals surface area contributed by atoms with Crippen LogP contribution in [0.15, 0.2) is 65.7 Å². The molecule has 0 N–H and O–H groups in total. The Morgan fingerprint density at radius 3 is 2.46 bits per heavy atom. The number of likely N-dealkylation sites (tertiary alicyclic amines) is 1. The molecule has 1 aromatic heterocycles. The quantitative estimate of drug-likeness (QED) is 0.417. The second-order valence-corrected chi connectivity index (χ2v) is 11.7. The molecular formula is C29H29N5O6S. The van der Waals surface area contributed by atoms with Gasteiger partial charge in [0.1, 0.15) is 5.75 Å². The molecule has 1 unspecified atom stereocenters. The monoisotopic (exact) mass is 575 g/mol. The fraction of sp³-hybridized carbons (Fsp3) is 0.310. The highest BCUT2D eigenvalue weighted by Gasteiger charge is 2.63. The molecule has 12 heteroatoms. The van der Waals surface area contributed by atoms with E-state index in [9.17, 15) is 18.5 Å². The van der Waals surface area contributed by atoms with E-state index >= 15 is 4.79 Å². The first kappa shape index (κ1) is 28.1. The molecule has 5 rings (SSSR count). The van der Waals surface area contributed by atoms with E-state index in [2.05, 4.69) is 11.1 Å². The summed E-state index contributed by atoms with van der Waals surface area (Å²) in [6.45, 7) is 0.306. The number of carbonyl (C=O) groups excluding carboxylic acids is 2. The van der Waals surface area contributed by atoms with Crippen molar-refractivity contribution in [1.82, 2.24) is 14.8 Å². The first-order chi connectivity index (χ1) is 19.6. The van der Waals surface area contributed by atoms with E-state index in [4.69, 9.17) is 9.47 Å². The number of likely N-dealkylation sites (N-methyl/N-ethyl adjacent to an activating group) is 1. The standard InChI is InChI=1S/C29H29N5O6S/c1-32(2)27(35)25-8-6-16-33(25)29(22-7-5-15-31-26(22)40-4)23-17-19(18-30)9-14-24(23)34(28(29)36)41(37,38)21-12-10-20(39-3)11-13-21/h5,7,9-15,17,25H,6,8,16H2,1-4H3/t25?,29-/m1/s1. The van der Waals surface area contributed by atoms with Gasteiger partial charge in [-0.3, -0.25) is 14.5 Å². The number of sulfonamides is 1. The Morgan fingerprint density at radius 2 is 1.83 bits per heavy atom. The third kappa shape index (κ3) is 4.20. The van der Waals surface area contributed by atoms with Crippen molar-refractivity contribution in [2.24, 2.45) is 0 Å². The van der Waals surface area contributed by atoms with Gasteiger partial charge in [-0.2, -0.15) is 5.26 Å². The van der Waals surface area contributed by atoms with Crippen LogP contribution in [0.3, 0.4) is 0 Å². The molecule has 1 fully saturated rings. The summed E-state index contributed by atoms with van der Waals surface area (Å²) in [5, 5.41) is 9.82. The number of hydrogen-bond acceptors (Lipinski definition) is 9. The Bertz CT molecular complexity index is 1670. The van der Waals surface area contributed by atoms with E-state index in [1.807, 2.05) is 0 Å². The Balaban J connectivity index is 1.85. The first-order valence-corrected chi connectivity index (χ1v) is 14.3. The number of methoxy groups -OCH3 is 2. The summed E-state index contributed by atoms with van der Waals surface area (Å²) in [6.07, 6.45) is 2.54.